The number of amides is 1. The van der Waals surface area contributed by atoms with Gasteiger partial charge >= 0.3 is 0 Å². The van der Waals surface area contributed by atoms with Crippen LogP contribution in [-0.4, -0.2) is 36.8 Å². The van der Waals surface area contributed by atoms with Gasteiger partial charge in [-0.3, -0.25) is 4.79 Å². The third-order valence-corrected chi connectivity index (χ3v) is 4.06. The molecule has 2 N–H and O–H groups in total. The topological polar surface area (TPSA) is 98.5 Å². The van der Waals surface area contributed by atoms with Crippen LogP contribution in [0, 0.1) is 6.92 Å². The van der Waals surface area contributed by atoms with E-state index in [-0.39, 0.29) is 5.91 Å². The highest BCUT2D eigenvalue weighted by molar-refractivity contribution is 6.03. The monoisotopic (exact) mass is 382 g/mol. The Morgan fingerprint density at radius 3 is 2.54 bits per heavy atom. The zero-order valence-electron chi connectivity index (χ0n) is 16.0. The van der Waals surface area contributed by atoms with Gasteiger partial charge in [0.1, 0.15) is 11.6 Å². The van der Waals surface area contributed by atoms with Gasteiger partial charge in [0.2, 0.25) is 0 Å². The van der Waals surface area contributed by atoms with Crippen molar-refractivity contribution in [2.75, 3.05) is 31.4 Å². The lowest BCUT2D eigenvalue weighted by Crippen LogP contribution is -2.13. The Morgan fingerprint density at radius 1 is 1.07 bits per heavy atom. The van der Waals surface area contributed by atoms with Crippen LogP contribution in [0.4, 0.5) is 11.6 Å². The lowest BCUT2D eigenvalue weighted by Gasteiger charge is -2.10. The Morgan fingerprint density at radius 2 is 1.89 bits per heavy atom. The second-order valence-corrected chi connectivity index (χ2v) is 6.08. The molecule has 0 aliphatic rings. The molecule has 0 unspecified atom stereocenters. The molecule has 1 aromatic carbocycles. The van der Waals surface area contributed by atoms with E-state index < -0.39 is 0 Å². The van der Waals surface area contributed by atoms with Crippen LogP contribution < -0.4 is 20.1 Å². The number of ether oxygens (including phenoxy) is 2. The molecule has 1 amide bonds. The van der Waals surface area contributed by atoms with Gasteiger partial charge in [0.25, 0.3) is 5.91 Å². The van der Waals surface area contributed by atoms with Gasteiger partial charge in [-0.1, -0.05) is 11.2 Å². The molecular formula is C20H22N4O4. The third-order valence-electron chi connectivity index (χ3n) is 4.06. The molecule has 8 heteroatoms. The molecule has 0 saturated carbocycles. The van der Waals surface area contributed by atoms with Crippen LogP contribution in [0.15, 0.2) is 47.1 Å². The predicted octanol–water partition coefficient (Wildman–Crippen LogP) is 3.30. The van der Waals surface area contributed by atoms with Crippen LogP contribution >= 0.6 is 0 Å². The Bertz CT molecular complexity index is 938. The number of carbonyl (C=O) groups excluding carboxylic acids is 1. The first kappa shape index (κ1) is 19.2. The normalized spacial score (nSPS) is 10.4. The largest absolute Gasteiger partial charge is 0.493 e. The van der Waals surface area contributed by atoms with Crippen molar-refractivity contribution in [3.8, 4) is 11.5 Å². The van der Waals surface area contributed by atoms with E-state index in [0.29, 0.717) is 41.0 Å². The van der Waals surface area contributed by atoms with Crippen LogP contribution in [0.25, 0.3) is 0 Å². The smallest absolute Gasteiger partial charge is 0.258 e. The van der Waals surface area contributed by atoms with Gasteiger partial charge in [-0.05, 0) is 43.2 Å². The number of nitrogens with zero attached hydrogens (tertiary/aromatic N) is 2. The number of aromatic nitrogens is 2. The summed E-state index contributed by atoms with van der Waals surface area (Å²) in [5, 5.41) is 9.63. The maximum absolute atomic E-state index is 12.2. The zero-order valence-corrected chi connectivity index (χ0v) is 16.0. The number of hydrogen-bond acceptors (Lipinski definition) is 7. The summed E-state index contributed by atoms with van der Waals surface area (Å²) in [6.07, 6.45) is 2.30. The number of aryl methyl sites for hydroxylation is 1. The highest BCUT2D eigenvalue weighted by Gasteiger charge is 2.09. The average molecular weight is 382 g/mol. The molecule has 3 aromatic rings. The Balaban J connectivity index is 1.52. The van der Waals surface area contributed by atoms with Crippen molar-refractivity contribution < 1.29 is 18.8 Å². The van der Waals surface area contributed by atoms with Crippen LogP contribution in [0.3, 0.4) is 0 Å². The van der Waals surface area contributed by atoms with Crippen LogP contribution in [-0.2, 0) is 6.42 Å². The fourth-order valence-corrected chi connectivity index (χ4v) is 2.62. The SMILES string of the molecule is COc1ccc(CCNc2ccc(C(=O)Nc3cc(C)on3)cn2)cc1OC. The third kappa shape index (κ3) is 4.79. The summed E-state index contributed by atoms with van der Waals surface area (Å²) in [5.74, 6) is 2.81. The second kappa shape index (κ2) is 8.90. The van der Waals surface area contributed by atoms with E-state index in [4.69, 9.17) is 14.0 Å². The number of nitrogens with one attached hydrogen (secondary N) is 2. The average Bonchev–Trinajstić information content (AvgIpc) is 3.12. The quantitative estimate of drug-likeness (QED) is 0.617. The zero-order chi connectivity index (χ0) is 19.9. The summed E-state index contributed by atoms with van der Waals surface area (Å²) >= 11 is 0. The first-order chi connectivity index (χ1) is 13.6. The fourth-order valence-electron chi connectivity index (χ4n) is 2.62. The highest BCUT2D eigenvalue weighted by Crippen LogP contribution is 2.27. The van der Waals surface area contributed by atoms with Gasteiger partial charge < -0.3 is 24.6 Å². The molecule has 3 rings (SSSR count). The van der Waals surface area contributed by atoms with Crippen molar-refractivity contribution in [2.45, 2.75) is 13.3 Å². The molecule has 8 nitrogen and oxygen atoms in total. The van der Waals surface area contributed by atoms with Gasteiger partial charge in [-0.2, -0.15) is 0 Å². The molecule has 0 bridgehead atoms. The van der Waals surface area contributed by atoms with Crippen molar-refractivity contribution in [1.82, 2.24) is 10.1 Å². The molecule has 0 saturated heterocycles. The molecule has 2 heterocycles. The van der Waals surface area contributed by atoms with E-state index in [1.807, 2.05) is 18.2 Å². The number of rotatable bonds is 8. The molecule has 0 spiro atoms. The van der Waals surface area contributed by atoms with Crippen molar-refractivity contribution in [3.05, 3.63) is 59.5 Å². The first-order valence-corrected chi connectivity index (χ1v) is 8.74. The van der Waals surface area contributed by atoms with Crippen molar-refractivity contribution >= 4 is 17.5 Å². The van der Waals surface area contributed by atoms with Crippen LogP contribution in [0.1, 0.15) is 21.7 Å². The second-order valence-electron chi connectivity index (χ2n) is 6.08. The van der Waals surface area contributed by atoms with Crippen LogP contribution in [0.5, 0.6) is 11.5 Å². The summed E-state index contributed by atoms with van der Waals surface area (Å²) in [6.45, 7) is 2.44. The summed E-state index contributed by atoms with van der Waals surface area (Å²) in [6, 6.07) is 10.9. The molecular weight excluding hydrogens is 360 g/mol. The number of pyridine rings is 1. The molecule has 0 atom stereocenters. The van der Waals surface area contributed by atoms with E-state index in [9.17, 15) is 4.79 Å². The molecule has 0 fully saturated rings. The molecule has 0 aliphatic carbocycles. The number of benzene rings is 1. The van der Waals surface area contributed by atoms with Crippen molar-refractivity contribution in [3.63, 3.8) is 0 Å². The Hall–Kier alpha value is -3.55. The lowest BCUT2D eigenvalue weighted by molar-refractivity contribution is 0.102. The Labute approximate surface area is 162 Å². The molecule has 0 aliphatic heterocycles. The van der Waals surface area contributed by atoms with Crippen molar-refractivity contribution in [2.24, 2.45) is 0 Å². The Kier molecular flexibility index (Phi) is 6.11. The maximum atomic E-state index is 12.2. The standard InChI is InChI=1S/C20H22N4O4/c1-13-10-19(24-28-13)23-20(25)15-5-7-18(22-12-15)21-9-8-14-4-6-16(26-2)17(11-14)27-3/h4-7,10-12H,8-9H2,1-3H3,(H,21,22)(H,23,24,25). The van der Waals surface area contributed by atoms with Gasteiger partial charge in [0.05, 0.1) is 19.8 Å². The summed E-state index contributed by atoms with van der Waals surface area (Å²) < 4.78 is 15.5. The summed E-state index contributed by atoms with van der Waals surface area (Å²) in [7, 11) is 3.23. The summed E-state index contributed by atoms with van der Waals surface area (Å²) in [5.41, 5.74) is 1.55. The van der Waals surface area contributed by atoms with E-state index in [2.05, 4.69) is 20.8 Å². The maximum Gasteiger partial charge on any atom is 0.258 e. The minimum Gasteiger partial charge on any atom is -0.493 e. The number of anilines is 2. The minimum atomic E-state index is -0.294. The molecule has 0 radical (unpaired) electrons. The summed E-state index contributed by atoms with van der Waals surface area (Å²) in [4.78, 5) is 16.4. The number of hydrogen-bond donors (Lipinski definition) is 2. The molecule has 146 valence electrons. The van der Waals surface area contributed by atoms with Gasteiger partial charge in [-0.15, -0.1) is 0 Å². The lowest BCUT2D eigenvalue weighted by atomic mass is 10.1. The van der Waals surface area contributed by atoms with E-state index in [1.54, 1.807) is 39.3 Å². The van der Waals surface area contributed by atoms with Crippen molar-refractivity contribution in [1.29, 1.82) is 0 Å². The first-order valence-electron chi connectivity index (χ1n) is 8.74. The van der Waals surface area contributed by atoms with E-state index in [0.717, 1.165) is 12.0 Å². The fraction of sp³-hybridized carbons (Fsp3) is 0.250. The van der Waals surface area contributed by atoms with Crippen LogP contribution in [0.2, 0.25) is 0 Å². The number of carbonyl (C=O) groups is 1. The van der Waals surface area contributed by atoms with E-state index >= 15 is 0 Å². The van der Waals surface area contributed by atoms with Gasteiger partial charge in [-0.25, -0.2) is 4.98 Å². The predicted molar refractivity (Wildman–Crippen MR) is 105 cm³/mol. The minimum absolute atomic E-state index is 0.294. The van der Waals surface area contributed by atoms with Gasteiger partial charge in [0, 0.05) is 18.8 Å². The number of methoxy groups -OCH3 is 2. The molecule has 2 aromatic heterocycles. The molecule has 28 heavy (non-hydrogen) atoms. The van der Waals surface area contributed by atoms with E-state index in [1.165, 1.54) is 6.20 Å². The van der Waals surface area contributed by atoms with Gasteiger partial charge in [0.15, 0.2) is 17.3 Å². The highest BCUT2D eigenvalue weighted by atomic mass is 16.5.